The Hall–Kier alpha value is -0.870. The van der Waals surface area contributed by atoms with E-state index in [2.05, 4.69) is 11.4 Å². The Bertz CT molecular complexity index is 327. The summed E-state index contributed by atoms with van der Waals surface area (Å²) < 4.78 is 10.5. The summed E-state index contributed by atoms with van der Waals surface area (Å²) in [7, 11) is 1.72. The molecule has 4 heteroatoms. The predicted octanol–water partition coefficient (Wildman–Crippen LogP) is 1.26. The van der Waals surface area contributed by atoms with E-state index in [1.807, 2.05) is 13.8 Å². The molecule has 2 rings (SSSR count). The lowest BCUT2D eigenvalue weighted by Crippen LogP contribution is -2.32. The van der Waals surface area contributed by atoms with Crippen LogP contribution in [0.5, 0.6) is 0 Å². The standard InChI is InChI=1S/C13H21NO3/c1-4-17-13(15)12-8(2)14-11-6-5-9(16-3)7-10(11)12/h7-9,11-12,14H,4-6H2,1-3H3. The number of hydrogen-bond donors (Lipinski definition) is 1. The number of ether oxygens (including phenoxy) is 2. The Kier molecular flexibility index (Phi) is 3.84. The normalized spacial score (nSPS) is 36.3. The van der Waals surface area contributed by atoms with Gasteiger partial charge in [0.1, 0.15) is 0 Å². The Balaban J connectivity index is 2.19. The maximum Gasteiger partial charge on any atom is 0.314 e. The third kappa shape index (κ3) is 2.38. The Morgan fingerprint density at radius 2 is 2.29 bits per heavy atom. The van der Waals surface area contributed by atoms with E-state index >= 15 is 0 Å². The summed E-state index contributed by atoms with van der Waals surface area (Å²) in [6.07, 6.45) is 4.29. The van der Waals surface area contributed by atoms with Gasteiger partial charge < -0.3 is 14.8 Å². The van der Waals surface area contributed by atoms with Crippen LogP contribution in [0, 0.1) is 5.92 Å². The van der Waals surface area contributed by atoms with E-state index in [-0.39, 0.29) is 24.0 Å². The van der Waals surface area contributed by atoms with Gasteiger partial charge in [-0.3, -0.25) is 4.79 Å². The number of methoxy groups -OCH3 is 1. The van der Waals surface area contributed by atoms with Crippen LogP contribution in [0.15, 0.2) is 11.6 Å². The monoisotopic (exact) mass is 239 g/mol. The van der Waals surface area contributed by atoms with E-state index in [9.17, 15) is 4.79 Å². The second-order valence-corrected chi connectivity index (χ2v) is 4.76. The maximum atomic E-state index is 12.0. The van der Waals surface area contributed by atoms with Crippen molar-refractivity contribution in [1.82, 2.24) is 5.32 Å². The lowest BCUT2D eigenvalue weighted by molar-refractivity contribution is -0.146. The van der Waals surface area contributed by atoms with Crippen molar-refractivity contribution < 1.29 is 14.3 Å². The summed E-state index contributed by atoms with van der Waals surface area (Å²) in [6, 6.07) is 0.478. The molecule has 4 nitrogen and oxygen atoms in total. The highest BCUT2D eigenvalue weighted by Gasteiger charge is 2.42. The SMILES string of the molecule is CCOC(=O)C1C2=CC(OC)CCC2NC1C. The molecule has 0 aromatic rings. The summed E-state index contributed by atoms with van der Waals surface area (Å²) in [4.78, 5) is 12.0. The zero-order chi connectivity index (χ0) is 12.4. The molecule has 1 heterocycles. The van der Waals surface area contributed by atoms with E-state index in [0.717, 1.165) is 18.4 Å². The van der Waals surface area contributed by atoms with Crippen molar-refractivity contribution in [3.63, 3.8) is 0 Å². The number of hydrogen-bond acceptors (Lipinski definition) is 4. The lowest BCUT2D eigenvalue weighted by atomic mass is 9.86. The fourth-order valence-corrected chi connectivity index (χ4v) is 2.87. The second kappa shape index (κ2) is 5.19. The van der Waals surface area contributed by atoms with Gasteiger partial charge in [0.05, 0.1) is 18.6 Å². The molecule has 0 saturated carbocycles. The third-order valence-electron chi connectivity index (χ3n) is 3.69. The van der Waals surface area contributed by atoms with Crippen LogP contribution >= 0.6 is 0 Å². The van der Waals surface area contributed by atoms with Gasteiger partial charge in [-0.15, -0.1) is 0 Å². The Morgan fingerprint density at radius 3 is 2.94 bits per heavy atom. The molecule has 96 valence electrons. The number of rotatable bonds is 3. The summed E-state index contributed by atoms with van der Waals surface area (Å²) in [5.41, 5.74) is 1.16. The minimum atomic E-state index is -0.141. The zero-order valence-electron chi connectivity index (χ0n) is 10.7. The molecule has 0 aromatic carbocycles. The van der Waals surface area contributed by atoms with Crippen molar-refractivity contribution in [3.8, 4) is 0 Å². The van der Waals surface area contributed by atoms with Gasteiger partial charge in [-0.2, -0.15) is 0 Å². The van der Waals surface area contributed by atoms with Crippen molar-refractivity contribution in [2.75, 3.05) is 13.7 Å². The molecule has 1 N–H and O–H groups in total. The van der Waals surface area contributed by atoms with Crippen molar-refractivity contribution in [3.05, 3.63) is 11.6 Å². The first-order valence-corrected chi connectivity index (χ1v) is 6.34. The van der Waals surface area contributed by atoms with Crippen molar-refractivity contribution in [2.45, 2.75) is 44.9 Å². The van der Waals surface area contributed by atoms with Crippen LogP contribution in [0.4, 0.5) is 0 Å². The molecule has 1 aliphatic carbocycles. The van der Waals surface area contributed by atoms with Crippen molar-refractivity contribution in [1.29, 1.82) is 0 Å². The van der Waals surface area contributed by atoms with Crippen LogP contribution < -0.4 is 5.32 Å². The fraction of sp³-hybridized carbons (Fsp3) is 0.769. The second-order valence-electron chi connectivity index (χ2n) is 4.76. The Morgan fingerprint density at radius 1 is 1.53 bits per heavy atom. The van der Waals surface area contributed by atoms with Gasteiger partial charge in [0.2, 0.25) is 0 Å². The quantitative estimate of drug-likeness (QED) is 0.595. The molecule has 17 heavy (non-hydrogen) atoms. The Labute approximate surface area is 102 Å². The topological polar surface area (TPSA) is 47.6 Å². The number of fused-ring (bicyclic) bond motifs is 1. The van der Waals surface area contributed by atoms with Crippen molar-refractivity contribution >= 4 is 5.97 Å². The first kappa shape index (κ1) is 12.6. The third-order valence-corrected chi connectivity index (χ3v) is 3.69. The van der Waals surface area contributed by atoms with Gasteiger partial charge in [-0.05, 0) is 32.3 Å². The number of nitrogens with one attached hydrogen (secondary N) is 1. The minimum absolute atomic E-state index is 0.113. The highest BCUT2D eigenvalue weighted by Crippen LogP contribution is 2.34. The van der Waals surface area contributed by atoms with E-state index in [4.69, 9.17) is 9.47 Å². The highest BCUT2D eigenvalue weighted by molar-refractivity contribution is 5.78. The summed E-state index contributed by atoms with van der Waals surface area (Å²) in [5.74, 6) is -0.254. The van der Waals surface area contributed by atoms with E-state index in [0.29, 0.717) is 12.6 Å². The zero-order valence-corrected chi connectivity index (χ0v) is 10.7. The molecule has 0 radical (unpaired) electrons. The molecular formula is C13H21NO3. The van der Waals surface area contributed by atoms with Crippen LogP contribution in [-0.4, -0.2) is 37.9 Å². The van der Waals surface area contributed by atoms with Gasteiger partial charge in [0.25, 0.3) is 0 Å². The number of esters is 1. The molecule has 1 aliphatic heterocycles. The maximum absolute atomic E-state index is 12.0. The van der Waals surface area contributed by atoms with E-state index < -0.39 is 0 Å². The van der Waals surface area contributed by atoms with Crippen molar-refractivity contribution in [2.24, 2.45) is 5.92 Å². The smallest absolute Gasteiger partial charge is 0.314 e. The highest BCUT2D eigenvalue weighted by atomic mass is 16.5. The van der Waals surface area contributed by atoms with Gasteiger partial charge >= 0.3 is 5.97 Å². The molecule has 0 amide bonds. The van der Waals surface area contributed by atoms with Crippen LogP contribution in [0.1, 0.15) is 26.7 Å². The van der Waals surface area contributed by atoms with Crippen LogP contribution in [0.3, 0.4) is 0 Å². The van der Waals surface area contributed by atoms with Crippen LogP contribution in [0.25, 0.3) is 0 Å². The summed E-state index contributed by atoms with van der Waals surface area (Å²) in [5, 5.41) is 3.47. The molecule has 2 aliphatic rings. The summed E-state index contributed by atoms with van der Waals surface area (Å²) in [6.45, 7) is 4.33. The predicted molar refractivity (Wildman–Crippen MR) is 64.6 cm³/mol. The molecule has 0 aromatic heterocycles. The molecule has 0 spiro atoms. The molecule has 4 atom stereocenters. The van der Waals surface area contributed by atoms with Gasteiger partial charge in [-0.1, -0.05) is 6.08 Å². The summed E-state index contributed by atoms with van der Waals surface area (Å²) >= 11 is 0. The molecule has 1 saturated heterocycles. The fourth-order valence-electron chi connectivity index (χ4n) is 2.87. The number of carbonyl (C=O) groups excluding carboxylic acids is 1. The average Bonchev–Trinajstić information content (AvgIpc) is 2.64. The van der Waals surface area contributed by atoms with Gasteiger partial charge in [0.15, 0.2) is 0 Å². The minimum Gasteiger partial charge on any atom is -0.465 e. The van der Waals surface area contributed by atoms with E-state index in [1.54, 1.807) is 7.11 Å². The van der Waals surface area contributed by atoms with Gasteiger partial charge in [0, 0.05) is 19.2 Å². The largest absolute Gasteiger partial charge is 0.465 e. The van der Waals surface area contributed by atoms with Crippen LogP contribution in [-0.2, 0) is 14.3 Å². The first-order chi connectivity index (χ1) is 8.17. The molecule has 0 bridgehead atoms. The molecule has 4 unspecified atom stereocenters. The lowest BCUT2D eigenvalue weighted by Gasteiger charge is -2.24. The average molecular weight is 239 g/mol. The molecular weight excluding hydrogens is 218 g/mol. The number of carbonyl (C=O) groups is 1. The van der Waals surface area contributed by atoms with Crippen LogP contribution in [0.2, 0.25) is 0 Å². The van der Waals surface area contributed by atoms with Gasteiger partial charge in [-0.25, -0.2) is 0 Å². The van der Waals surface area contributed by atoms with E-state index in [1.165, 1.54) is 0 Å². The molecule has 1 fully saturated rings. The first-order valence-electron chi connectivity index (χ1n) is 6.34.